The number of aliphatic hydroxyl groups is 1. The third-order valence-electron chi connectivity index (χ3n) is 24.4. The summed E-state index contributed by atoms with van der Waals surface area (Å²) < 4.78 is 145. The molecule has 141 heavy (non-hydrogen) atoms. The Morgan fingerprint density at radius 2 is 0.582 bits per heavy atom. The van der Waals surface area contributed by atoms with Crippen LogP contribution < -0.4 is 0 Å². The van der Waals surface area contributed by atoms with Gasteiger partial charge >= 0.3 is 41.9 Å². The molecule has 6 aliphatic rings. The van der Waals surface area contributed by atoms with Crippen molar-refractivity contribution < 1.29 is 138 Å². The van der Waals surface area contributed by atoms with Crippen LogP contribution in [0.5, 0.6) is 0 Å². The van der Waals surface area contributed by atoms with Crippen LogP contribution >= 0.6 is 0 Å². The van der Waals surface area contributed by atoms with Crippen LogP contribution in [0.15, 0.2) is 364 Å². The zero-order valence-corrected chi connectivity index (χ0v) is 76.2. The molecule has 12 aromatic rings. The molecule has 0 bridgehead atoms. The highest BCUT2D eigenvalue weighted by atomic mass is 16.8. The van der Waals surface area contributed by atoms with Crippen molar-refractivity contribution in [3.63, 3.8) is 0 Å². The number of hydrogen-bond acceptors (Lipinski definition) is 29. The molecule has 1 N–H and O–H groups in total. The van der Waals surface area contributed by atoms with Gasteiger partial charge in [-0.15, -0.1) is 0 Å². The number of esters is 6. The molecule has 12 aromatic carbocycles. The molecule has 30 nitrogen and oxygen atoms in total. The van der Waals surface area contributed by atoms with Crippen molar-refractivity contribution in [3.05, 3.63) is 431 Å². The number of fused-ring (bicyclic) bond motifs is 2. The third kappa shape index (κ3) is 24.9. The van der Waals surface area contributed by atoms with E-state index in [4.69, 9.17) is 99.5 Å². The smallest absolute Gasteiger partial charge is 0.410 e. The second-order valence-corrected chi connectivity index (χ2v) is 34.1. The summed E-state index contributed by atoms with van der Waals surface area (Å²) in [5.74, 6) is -5.93. The molecule has 0 spiro atoms. The lowest BCUT2D eigenvalue weighted by Gasteiger charge is -2.53. The fourth-order valence-electron chi connectivity index (χ4n) is 17.3. The van der Waals surface area contributed by atoms with Gasteiger partial charge in [-0.25, -0.2) is 33.6 Å². The number of aliphatic hydroxyl groups excluding tert-OH is 1. The van der Waals surface area contributed by atoms with Gasteiger partial charge in [0.25, 0.3) is 0 Å². The van der Waals surface area contributed by atoms with Crippen LogP contribution in [-0.4, -0.2) is 214 Å². The Labute approximate surface area is 812 Å². The topological polar surface area (TPSA) is 337 Å². The number of benzene rings is 12. The number of rotatable bonds is 36. The van der Waals surface area contributed by atoms with Crippen molar-refractivity contribution >= 4 is 41.9 Å². The van der Waals surface area contributed by atoms with Gasteiger partial charge in [0, 0.05) is 24.2 Å². The minimum Gasteiger partial charge on any atom is -0.452 e. The Bertz CT molecular complexity index is 5990. The van der Waals surface area contributed by atoms with Crippen LogP contribution in [0.4, 0.5) is 4.79 Å². The number of amides is 1. The number of carbonyl (C=O) groups is 7. The van der Waals surface area contributed by atoms with E-state index in [2.05, 4.69) is 0 Å². The molecule has 1 amide bonds. The molecule has 22 atom stereocenters. The Morgan fingerprint density at radius 1 is 0.291 bits per heavy atom. The Hall–Kier alpha value is -13.9. The summed E-state index contributed by atoms with van der Waals surface area (Å²) in [6.45, 7) is -2.30. The van der Waals surface area contributed by atoms with Gasteiger partial charge in [-0.2, -0.15) is 0 Å². The molecule has 726 valence electrons. The first-order valence-electron chi connectivity index (χ1n) is 46.5. The second kappa shape index (κ2) is 47.9. The van der Waals surface area contributed by atoms with Gasteiger partial charge in [0.15, 0.2) is 74.4 Å². The lowest BCUT2D eigenvalue weighted by atomic mass is 9.94. The largest absolute Gasteiger partial charge is 0.452 e. The van der Waals surface area contributed by atoms with Gasteiger partial charge in [0.2, 0.25) is 0 Å². The molecule has 0 saturated carbocycles. The van der Waals surface area contributed by atoms with Crippen LogP contribution in [0.2, 0.25) is 0 Å². The van der Waals surface area contributed by atoms with Crippen molar-refractivity contribution in [1.29, 1.82) is 0 Å². The van der Waals surface area contributed by atoms with E-state index in [0.717, 1.165) is 11.1 Å². The van der Waals surface area contributed by atoms with Crippen molar-refractivity contribution in [2.75, 3.05) is 39.6 Å². The highest BCUT2D eigenvalue weighted by Gasteiger charge is 2.63. The summed E-state index contributed by atoms with van der Waals surface area (Å²) in [4.78, 5) is 109. The molecule has 6 heterocycles. The maximum absolute atomic E-state index is 15.9. The fourth-order valence-corrected chi connectivity index (χ4v) is 17.3. The summed E-state index contributed by atoms with van der Waals surface area (Å²) >= 11 is 0. The maximum Gasteiger partial charge on any atom is 0.410 e. The van der Waals surface area contributed by atoms with E-state index < -0.39 is 191 Å². The highest BCUT2D eigenvalue weighted by molar-refractivity contribution is 5.92. The van der Waals surface area contributed by atoms with Gasteiger partial charge in [-0.1, -0.05) is 291 Å². The molecule has 0 radical (unpaired) electrons. The Morgan fingerprint density at radius 3 is 0.972 bits per heavy atom. The average molecular weight is 1920 g/mol. The van der Waals surface area contributed by atoms with Crippen molar-refractivity contribution in [3.8, 4) is 0 Å². The van der Waals surface area contributed by atoms with Gasteiger partial charge in [0.1, 0.15) is 67.6 Å². The van der Waals surface area contributed by atoms with Crippen molar-refractivity contribution in [1.82, 2.24) is 4.90 Å². The zero-order chi connectivity index (χ0) is 96.6. The van der Waals surface area contributed by atoms with E-state index in [-0.39, 0.29) is 86.1 Å². The average Bonchev–Trinajstić information content (AvgIpc) is 0.744. The standard InChI is InChI=1S/C111H103NO29/c113-87-88-85(69-124-105(137-88)81-57-33-11-34-58-81)129-108(92(87)131-99(114)75-45-21-5-22-46-75)139-90-84(68-122-65-73-41-17-3-18-42-73)128-110(97(135-103(118)79-53-29-9-30-54-79)94(90)133-101(116)77-49-25-7-26-50-77)141-95-91-86(70-125-106(138-91)82-59-35-12-36-60-82)130-109(98(95)136-104(119)80-55-31-10-32-56-80)140-89-83(67-121-64-72-39-15-2-16-40-72)127-107(96(134-102(117)78-51-27-8-28-52-78)93(89)132-100(115)76-47-23-6-24-48-76)123-62-61-112(63-71-37-13-1-14-38-71)111(120)126-66-74-43-19-4-20-44-74/h1-60,83-98,105-110,113H,61-70H2/t83-,84-,85-,86-,87+,88-,89-,90-,91-,92-,93+,94+,95+,96-,97-,98-,105-,106-,107-,108+,109+,110+/m1/s1. The maximum atomic E-state index is 15.9. The van der Waals surface area contributed by atoms with E-state index in [1.165, 1.54) is 77.7 Å². The summed E-state index contributed by atoms with van der Waals surface area (Å²) in [5, 5.41) is 13.1. The number of nitrogens with zero attached hydrogens (tertiary/aromatic N) is 1. The normalized spacial score (nSPS) is 26.2. The van der Waals surface area contributed by atoms with Crippen LogP contribution in [0.25, 0.3) is 0 Å². The van der Waals surface area contributed by atoms with Gasteiger partial charge < -0.3 is 109 Å². The molecule has 0 unspecified atom stereocenters. The highest BCUT2D eigenvalue weighted by Crippen LogP contribution is 2.45. The summed E-state index contributed by atoms with van der Waals surface area (Å²) in [7, 11) is 0. The molecular formula is C111H103NO29. The van der Waals surface area contributed by atoms with Crippen LogP contribution in [-0.2, 0) is 126 Å². The first kappa shape index (κ1) is 97.4. The summed E-state index contributed by atoms with van der Waals surface area (Å²) in [5.41, 5.74) is 4.04. The molecule has 0 aliphatic carbocycles. The van der Waals surface area contributed by atoms with Gasteiger partial charge in [0.05, 0.1) is 79.6 Å². The number of hydrogen-bond donors (Lipinski definition) is 1. The second-order valence-electron chi connectivity index (χ2n) is 34.1. The van der Waals surface area contributed by atoms with Crippen molar-refractivity contribution in [2.45, 2.75) is 162 Å². The monoisotopic (exact) mass is 1910 g/mol. The quantitative estimate of drug-likeness (QED) is 0.0281. The minimum atomic E-state index is -2.13. The predicted molar refractivity (Wildman–Crippen MR) is 501 cm³/mol. The lowest BCUT2D eigenvalue weighted by Crippen LogP contribution is -2.70. The molecule has 6 saturated heterocycles. The lowest BCUT2D eigenvalue weighted by molar-refractivity contribution is -0.411. The van der Waals surface area contributed by atoms with E-state index >= 15 is 24.0 Å². The predicted octanol–water partition coefficient (Wildman–Crippen LogP) is 15.3. The molecule has 6 fully saturated rings. The van der Waals surface area contributed by atoms with E-state index in [9.17, 15) is 14.7 Å². The first-order valence-corrected chi connectivity index (χ1v) is 46.5. The van der Waals surface area contributed by atoms with Crippen LogP contribution in [0.3, 0.4) is 0 Å². The Kier molecular flexibility index (Phi) is 33.0. The summed E-state index contributed by atoms with van der Waals surface area (Å²) in [6, 6.07) is 102. The summed E-state index contributed by atoms with van der Waals surface area (Å²) in [6.07, 6.45) is -38.5. The van der Waals surface area contributed by atoms with E-state index in [1.807, 2.05) is 127 Å². The fraction of sp³-hybridized carbons (Fsp3) is 0.288. The first-order chi connectivity index (χ1) is 69.2. The van der Waals surface area contributed by atoms with Gasteiger partial charge in [-0.3, -0.25) is 0 Å². The molecule has 0 aromatic heterocycles. The number of carbonyl (C=O) groups excluding carboxylic acids is 7. The third-order valence-corrected chi connectivity index (χ3v) is 24.4. The zero-order valence-electron chi connectivity index (χ0n) is 76.2. The van der Waals surface area contributed by atoms with E-state index in [0.29, 0.717) is 22.3 Å². The molecular weight excluding hydrogens is 1810 g/mol. The van der Waals surface area contributed by atoms with E-state index in [1.54, 1.807) is 164 Å². The van der Waals surface area contributed by atoms with Crippen LogP contribution in [0, 0.1) is 0 Å². The number of ether oxygens (including phenoxy) is 21. The molecule has 18 rings (SSSR count). The van der Waals surface area contributed by atoms with Crippen molar-refractivity contribution in [2.24, 2.45) is 0 Å². The minimum absolute atomic E-state index is 0.0142. The van der Waals surface area contributed by atoms with Gasteiger partial charge in [-0.05, 0) is 95.1 Å². The van der Waals surface area contributed by atoms with Crippen LogP contribution in [0.1, 0.15) is 108 Å². The molecule has 6 aliphatic heterocycles. The Balaban J connectivity index is 0.778. The SMILES string of the molecule is O=C(O[C@@H]1[C@@H](OC(=O)c2ccccc2)[C@H](O[C@@H]2[C@@H](OC(=O)c3ccccc3)[C@H](O[C@H]3[C@H](OC(=O)c4ccccc4)[C@@H](OC(=O)c4ccccc4)[C@H](OCCN(Cc4ccccc4)C(=O)OCc4ccccc4)O[C@@H]3COCc3ccccc3)O[C@@H]3CO[C@@H](c4ccccc4)O[C@@H]23)O[C@H](COCc2ccccc2)[C@H]1O[C@@H]1O[C@@H]2CO[C@@H](c3ccccc3)O[C@H]2[C@H](O)[C@H]1OC(=O)c1ccccc1)c1ccccc1. The molecule has 30 heteroatoms.